The van der Waals surface area contributed by atoms with Crippen LogP contribution in [0.25, 0.3) is 33.7 Å². The molecule has 0 aliphatic rings. The lowest BCUT2D eigenvalue weighted by molar-refractivity contribution is 0.866. The number of para-hydroxylation sites is 1. The van der Waals surface area contributed by atoms with Gasteiger partial charge >= 0.3 is 0 Å². The lowest BCUT2D eigenvalue weighted by Crippen LogP contribution is -1.95. The van der Waals surface area contributed by atoms with Crippen molar-refractivity contribution in [2.45, 2.75) is 0 Å². The summed E-state index contributed by atoms with van der Waals surface area (Å²) in [5.74, 6) is 0.566. The number of hydrogen-bond acceptors (Lipinski definition) is 4. The van der Waals surface area contributed by atoms with Gasteiger partial charge in [-0.25, -0.2) is 5.10 Å². The van der Waals surface area contributed by atoms with Crippen molar-refractivity contribution < 1.29 is 0 Å². The highest BCUT2D eigenvalue weighted by molar-refractivity contribution is 7.71. The SMILES string of the molecule is S=c1[nH]nc(-c2cc(-c3ccccc3)n[nH]2)n1/N=C\c1c[nH]c2ccccc12. The maximum atomic E-state index is 5.35. The molecular formula is C20H15N7S. The van der Waals surface area contributed by atoms with Crippen LogP contribution in [-0.2, 0) is 0 Å². The molecule has 0 radical (unpaired) electrons. The molecule has 5 aromatic rings. The van der Waals surface area contributed by atoms with Crippen LogP contribution in [0.1, 0.15) is 5.56 Å². The minimum Gasteiger partial charge on any atom is -0.361 e. The molecule has 0 aliphatic heterocycles. The van der Waals surface area contributed by atoms with E-state index in [4.69, 9.17) is 12.2 Å². The van der Waals surface area contributed by atoms with E-state index in [0.717, 1.165) is 33.4 Å². The molecule has 0 unspecified atom stereocenters. The first kappa shape index (κ1) is 16.4. The van der Waals surface area contributed by atoms with E-state index in [1.165, 1.54) is 0 Å². The molecule has 0 saturated carbocycles. The summed E-state index contributed by atoms with van der Waals surface area (Å²) >= 11 is 5.35. The van der Waals surface area contributed by atoms with E-state index in [9.17, 15) is 0 Å². The van der Waals surface area contributed by atoms with Gasteiger partial charge in [0.15, 0.2) is 0 Å². The Morgan fingerprint density at radius 1 is 0.964 bits per heavy atom. The lowest BCUT2D eigenvalue weighted by atomic mass is 10.1. The van der Waals surface area contributed by atoms with Gasteiger partial charge in [0.05, 0.1) is 11.9 Å². The molecular weight excluding hydrogens is 370 g/mol. The number of H-pyrrole nitrogens is 3. The Kier molecular flexibility index (Phi) is 3.95. The van der Waals surface area contributed by atoms with Gasteiger partial charge in [-0.1, -0.05) is 48.5 Å². The molecule has 0 saturated heterocycles. The molecule has 136 valence electrons. The monoisotopic (exact) mass is 385 g/mol. The first-order chi connectivity index (χ1) is 13.8. The van der Waals surface area contributed by atoms with E-state index in [0.29, 0.717) is 10.6 Å². The number of aromatic nitrogens is 6. The Hall–Kier alpha value is -3.78. The summed E-state index contributed by atoms with van der Waals surface area (Å²) in [5, 5.41) is 20.1. The highest BCUT2D eigenvalue weighted by Gasteiger charge is 2.12. The summed E-state index contributed by atoms with van der Waals surface area (Å²) in [6, 6.07) is 19.9. The second-order valence-electron chi connectivity index (χ2n) is 6.23. The Morgan fingerprint density at radius 3 is 2.68 bits per heavy atom. The maximum absolute atomic E-state index is 5.35. The van der Waals surface area contributed by atoms with Crippen molar-refractivity contribution in [3.8, 4) is 22.8 Å². The average molecular weight is 385 g/mol. The summed E-state index contributed by atoms with van der Waals surface area (Å²) in [5.41, 5.74) is 4.60. The van der Waals surface area contributed by atoms with E-state index in [-0.39, 0.29) is 0 Å². The molecule has 0 amide bonds. The van der Waals surface area contributed by atoms with Crippen molar-refractivity contribution in [1.29, 1.82) is 0 Å². The fourth-order valence-corrected chi connectivity index (χ4v) is 3.27. The van der Waals surface area contributed by atoms with Crippen LogP contribution < -0.4 is 0 Å². The van der Waals surface area contributed by atoms with E-state index >= 15 is 0 Å². The zero-order valence-corrected chi connectivity index (χ0v) is 15.4. The van der Waals surface area contributed by atoms with E-state index in [1.807, 2.05) is 66.9 Å². The standard InChI is InChI=1S/C20H15N7S/c28-20-26-25-19(18-10-17(23-24-18)13-6-2-1-3-7-13)27(20)22-12-14-11-21-16-9-5-4-8-15(14)16/h1-12,21H,(H,23,24)(H,26,28)/b22-12-. The fourth-order valence-electron chi connectivity index (χ4n) is 3.09. The van der Waals surface area contributed by atoms with Gasteiger partial charge < -0.3 is 4.98 Å². The van der Waals surface area contributed by atoms with Crippen molar-refractivity contribution in [2.24, 2.45) is 5.10 Å². The zero-order chi connectivity index (χ0) is 18.9. The van der Waals surface area contributed by atoms with Crippen LogP contribution in [0, 0.1) is 4.77 Å². The number of fused-ring (bicyclic) bond motifs is 1. The van der Waals surface area contributed by atoms with Crippen LogP contribution in [0.2, 0.25) is 0 Å². The van der Waals surface area contributed by atoms with E-state index < -0.39 is 0 Å². The van der Waals surface area contributed by atoms with Crippen molar-refractivity contribution in [2.75, 3.05) is 0 Å². The van der Waals surface area contributed by atoms with Crippen molar-refractivity contribution in [3.05, 3.63) is 77.2 Å². The Morgan fingerprint density at radius 2 is 1.79 bits per heavy atom. The number of hydrogen-bond donors (Lipinski definition) is 3. The van der Waals surface area contributed by atoms with Gasteiger partial charge in [0.2, 0.25) is 10.6 Å². The average Bonchev–Trinajstić information content (AvgIpc) is 3.46. The summed E-state index contributed by atoms with van der Waals surface area (Å²) in [6.45, 7) is 0. The van der Waals surface area contributed by atoms with Gasteiger partial charge in [-0.15, -0.1) is 0 Å². The molecule has 5 rings (SSSR count). The molecule has 0 spiro atoms. The van der Waals surface area contributed by atoms with Crippen LogP contribution in [0.15, 0.2) is 72.0 Å². The normalized spacial score (nSPS) is 11.6. The Bertz CT molecular complexity index is 1340. The Balaban J connectivity index is 1.52. The van der Waals surface area contributed by atoms with Crippen LogP contribution in [-0.4, -0.2) is 36.3 Å². The largest absolute Gasteiger partial charge is 0.361 e. The quantitative estimate of drug-likeness (QED) is 0.317. The molecule has 0 atom stereocenters. The van der Waals surface area contributed by atoms with Crippen LogP contribution in [0.3, 0.4) is 0 Å². The second-order valence-corrected chi connectivity index (χ2v) is 6.62. The molecule has 0 fully saturated rings. The molecule has 7 nitrogen and oxygen atoms in total. The van der Waals surface area contributed by atoms with E-state index in [1.54, 1.807) is 10.9 Å². The zero-order valence-electron chi connectivity index (χ0n) is 14.6. The molecule has 3 heterocycles. The molecule has 2 aromatic carbocycles. The van der Waals surface area contributed by atoms with Crippen molar-refractivity contribution in [1.82, 2.24) is 30.1 Å². The minimum absolute atomic E-state index is 0.405. The highest BCUT2D eigenvalue weighted by atomic mass is 32.1. The number of aromatic amines is 3. The number of nitrogens with one attached hydrogen (secondary N) is 3. The molecule has 8 heteroatoms. The summed E-state index contributed by atoms with van der Waals surface area (Å²) in [7, 11) is 0. The van der Waals surface area contributed by atoms with Gasteiger partial charge in [-0.3, -0.25) is 5.10 Å². The molecule has 3 N–H and O–H groups in total. The second kappa shape index (κ2) is 6.75. The molecule has 0 aliphatic carbocycles. The van der Waals surface area contributed by atoms with Gasteiger partial charge in [0, 0.05) is 28.2 Å². The molecule has 3 aromatic heterocycles. The lowest BCUT2D eigenvalue weighted by Gasteiger charge is -1.97. The highest BCUT2D eigenvalue weighted by Crippen LogP contribution is 2.23. The molecule has 28 heavy (non-hydrogen) atoms. The predicted molar refractivity (Wildman–Crippen MR) is 112 cm³/mol. The number of nitrogens with zero attached hydrogens (tertiary/aromatic N) is 4. The smallest absolute Gasteiger partial charge is 0.216 e. The van der Waals surface area contributed by atoms with E-state index in [2.05, 4.69) is 30.5 Å². The Labute approximate surface area is 164 Å². The first-order valence-electron chi connectivity index (χ1n) is 8.69. The van der Waals surface area contributed by atoms with Crippen LogP contribution >= 0.6 is 12.2 Å². The van der Waals surface area contributed by atoms with Crippen LogP contribution in [0.5, 0.6) is 0 Å². The van der Waals surface area contributed by atoms with Gasteiger partial charge in [-0.2, -0.15) is 20.0 Å². The molecule has 0 bridgehead atoms. The fraction of sp³-hybridized carbons (Fsp3) is 0. The summed E-state index contributed by atoms with van der Waals surface area (Å²) in [6.07, 6.45) is 3.68. The maximum Gasteiger partial charge on any atom is 0.216 e. The summed E-state index contributed by atoms with van der Waals surface area (Å²) < 4.78 is 1.99. The first-order valence-corrected chi connectivity index (χ1v) is 9.09. The number of rotatable bonds is 4. The minimum atomic E-state index is 0.405. The van der Waals surface area contributed by atoms with Gasteiger partial charge in [-0.05, 0) is 24.4 Å². The van der Waals surface area contributed by atoms with Crippen molar-refractivity contribution in [3.63, 3.8) is 0 Å². The van der Waals surface area contributed by atoms with Crippen LogP contribution in [0.4, 0.5) is 0 Å². The third-order valence-corrected chi connectivity index (χ3v) is 4.74. The van der Waals surface area contributed by atoms with Gasteiger partial charge in [0.1, 0.15) is 5.69 Å². The third kappa shape index (κ3) is 2.85. The van der Waals surface area contributed by atoms with Crippen molar-refractivity contribution >= 4 is 29.3 Å². The topological polar surface area (TPSA) is 90.4 Å². The summed E-state index contributed by atoms with van der Waals surface area (Å²) in [4.78, 5) is 3.23. The predicted octanol–water partition coefficient (Wildman–Crippen LogP) is 4.36. The number of benzene rings is 2. The third-order valence-electron chi connectivity index (χ3n) is 4.47. The van der Waals surface area contributed by atoms with Gasteiger partial charge in [0.25, 0.3) is 0 Å².